The molecule has 1 heterocycles. The van der Waals surface area contributed by atoms with Crippen LogP contribution in [0.15, 0.2) is 72.8 Å². The highest BCUT2D eigenvalue weighted by Gasteiger charge is 2.15. The van der Waals surface area contributed by atoms with Gasteiger partial charge < -0.3 is 10.6 Å². The Kier molecular flexibility index (Phi) is 6.54. The minimum atomic E-state index is -0.400. The number of aromatic nitrogens is 1. The van der Waals surface area contributed by atoms with Crippen LogP contribution in [0.3, 0.4) is 0 Å². The summed E-state index contributed by atoms with van der Waals surface area (Å²) in [5, 5.41) is 14.1. The molecule has 0 fully saturated rings. The maximum atomic E-state index is 12.3. The molecule has 2 N–H and O–H groups in total. The lowest BCUT2D eigenvalue weighted by Gasteiger charge is -2.07. The topological polar surface area (TPSA) is 94.9 Å². The molecule has 0 aliphatic rings. The Hall–Kier alpha value is -4.02. The van der Waals surface area contributed by atoms with Gasteiger partial charge in [-0.05, 0) is 28.8 Å². The van der Waals surface area contributed by atoms with Gasteiger partial charge in [0, 0.05) is 5.56 Å². The summed E-state index contributed by atoms with van der Waals surface area (Å²) in [5.41, 5.74) is 5.13. The molecular weight excluding hydrogens is 420 g/mol. The van der Waals surface area contributed by atoms with Gasteiger partial charge >= 0.3 is 0 Å². The average Bonchev–Trinajstić information content (AvgIpc) is 3.24. The molecule has 32 heavy (non-hydrogen) atoms. The maximum absolute atomic E-state index is 12.3. The van der Waals surface area contributed by atoms with Crippen LogP contribution in [-0.4, -0.2) is 29.9 Å². The first-order chi connectivity index (χ1) is 15.6. The van der Waals surface area contributed by atoms with Crippen molar-refractivity contribution in [1.82, 2.24) is 15.6 Å². The highest BCUT2D eigenvalue weighted by molar-refractivity contribution is 7.18. The molecule has 0 aliphatic heterocycles. The lowest BCUT2D eigenvalue weighted by atomic mass is 9.98. The van der Waals surface area contributed by atoms with E-state index in [1.807, 2.05) is 42.5 Å². The molecule has 0 aliphatic carbocycles. The summed E-state index contributed by atoms with van der Waals surface area (Å²) in [7, 11) is 0. The molecule has 0 saturated carbocycles. The normalized spacial score (nSPS) is 10.5. The summed E-state index contributed by atoms with van der Waals surface area (Å²) in [6, 6.07) is 26.3. The van der Waals surface area contributed by atoms with Crippen molar-refractivity contribution in [1.29, 1.82) is 5.26 Å². The number of hydrogen-bond acceptors (Lipinski definition) is 5. The van der Waals surface area contributed by atoms with Crippen molar-refractivity contribution < 1.29 is 9.59 Å². The number of carbonyl (C=O) groups is 2. The molecular formula is C25H20N4O2S. The van der Waals surface area contributed by atoms with E-state index in [0.29, 0.717) is 5.01 Å². The Labute approximate surface area is 189 Å². The van der Waals surface area contributed by atoms with Gasteiger partial charge in [-0.3, -0.25) is 9.59 Å². The lowest BCUT2D eigenvalue weighted by Crippen LogP contribution is -2.37. The molecule has 0 saturated heterocycles. The lowest BCUT2D eigenvalue weighted by molar-refractivity contribution is -0.125. The van der Waals surface area contributed by atoms with E-state index in [9.17, 15) is 9.59 Å². The third-order valence-corrected chi connectivity index (χ3v) is 5.86. The zero-order chi connectivity index (χ0) is 22.3. The molecule has 7 heteroatoms. The van der Waals surface area contributed by atoms with E-state index in [-0.39, 0.29) is 25.4 Å². The van der Waals surface area contributed by atoms with Gasteiger partial charge in [0.15, 0.2) is 0 Å². The number of amides is 2. The van der Waals surface area contributed by atoms with Crippen LogP contribution in [0.25, 0.3) is 32.5 Å². The average molecular weight is 441 g/mol. The molecule has 4 rings (SSSR count). The first kappa shape index (κ1) is 21.2. The minimum absolute atomic E-state index is 0.0831. The minimum Gasteiger partial charge on any atom is -0.347 e. The van der Waals surface area contributed by atoms with Crippen LogP contribution >= 0.6 is 11.3 Å². The van der Waals surface area contributed by atoms with Crippen molar-refractivity contribution in [3.05, 3.63) is 77.8 Å². The van der Waals surface area contributed by atoms with Crippen LogP contribution in [0.2, 0.25) is 0 Å². The number of carbonyl (C=O) groups excluding carboxylic acids is 2. The Morgan fingerprint density at radius 3 is 2.25 bits per heavy atom. The second-order valence-electron chi connectivity index (χ2n) is 7.10. The van der Waals surface area contributed by atoms with Crippen molar-refractivity contribution in [3.8, 4) is 28.3 Å². The summed E-state index contributed by atoms with van der Waals surface area (Å²) in [4.78, 5) is 28.7. The number of nitrogens with one attached hydrogen (secondary N) is 2. The number of thiazole rings is 1. The van der Waals surface area contributed by atoms with E-state index in [1.54, 1.807) is 0 Å². The molecule has 3 aromatic carbocycles. The standard InChI is InChI=1S/C25H20N4O2S/c26-11-12-27-23(31)16-28-22(30)15-24-29-25-20(18-9-5-2-6-10-18)13-19(14-21(25)32-24)17-7-3-1-4-8-17/h1-10,13-14H,12,15-16H2,(H,27,31)(H,28,30). The van der Waals surface area contributed by atoms with Crippen LogP contribution in [0.4, 0.5) is 0 Å². The molecule has 0 unspecified atom stereocenters. The van der Waals surface area contributed by atoms with E-state index in [1.165, 1.54) is 11.3 Å². The summed E-state index contributed by atoms with van der Waals surface area (Å²) in [6.45, 7) is -0.253. The fourth-order valence-electron chi connectivity index (χ4n) is 3.37. The highest BCUT2D eigenvalue weighted by atomic mass is 32.1. The smallest absolute Gasteiger partial charge is 0.240 e. The quantitative estimate of drug-likeness (QED) is 0.426. The largest absolute Gasteiger partial charge is 0.347 e. The number of nitriles is 1. The van der Waals surface area contributed by atoms with Gasteiger partial charge in [0.05, 0.1) is 29.3 Å². The van der Waals surface area contributed by atoms with Crippen molar-refractivity contribution in [3.63, 3.8) is 0 Å². The van der Waals surface area contributed by atoms with Crippen LogP contribution in [0.1, 0.15) is 5.01 Å². The van der Waals surface area contributed by atoms with E-state index in [4.69, 9.17) is 10.2 Å². The molecule has 2 amide bonds. The van der Waals surface area contributed by atoms with Crippen LogP contribution < -0.4 is 10.6 Å². The second-order valence-corrected chi connectivity index (χ2v) is 8.21. The van der Waals surface area contributed by atoms with Crippen LogP contribution in [-0.2, 0) is 16.0 Å². The summed E-state index contributed by atoms with van der Waals surface area (Å²) < 4.78 is 1.000. The number of rotatable bonds is 7. The Morgan fingerprint density at radius 1 is 0.875 bits per heavy atom. The third kappa shape index (κ3) is 4.99. The predicted molar refractivity (Wildman–Crippen MR) is 126 cm³/mol. The van der Waals surface area contributed by atoms with Gasteiger partial charge in [0.25, 0.3) is 0 Å². The van der Waals surface area contributed by atoms with Crippen LogP contribution in [0.5, 0.6) is 0 Å². The molecule has 158 valence electrons. The molecule has 4 aromatic rings. The van der Waals surface area contributed by atoms with Crippen molar-refractivity contribution >= 4 is 33.4 Å². The summed E-state index contributed by atoms with van der Waals surface area (Å²) >= 11 is 1.48. The van der Waals surface area contributed by atoms with Gasteiger partial charge in [0.1, 0.15) is 11.6 Å². The molecule has 6 nitrogen and oxygen atoms in total. The monoisotopic (exact) mass is 440 g/mol. The van der Waals surface area contributed by atoms with Gasteiger partial charge in [-0.2, -0.15) is 5.26 Å². The summed E-state index contributed by atoms with van der Waals surface area (Å²) in [5.74, 6) is -0.691. The number of nitrogens with zero attached hydrogens (tertiary/aromatic N) is 2. The Morgan fingerprint density at radius 2 is 1.56 bits per heavy atom. The zero-order valence-electron chi connectivity index (χ0n) is 17.2. The maximum Gasteiger partial charge on any atom is 0.240 e. The van der Waals surface area contributed by atoms with E-state index in [2.05, 4.69) is 47.0 Å². The molecule has 0 radical (unpaired) electrons. The number of benzene rings is 3. The molecule has 1 aromatic heterocycles. The first-order valence-corrected chi connectivity index (χ1v) is 10.9. The van der Waals surface area contributed by atoms with Crippen molar-refractivity contribution in [2.24, 2.45) is 0 Å². The van der Waals surface area contributed by atoms with Crippen molar-refractivity contribution in [2.45, 2.75) is 6.42 Å². The van der Waals surface area contributed by atoms with E-state index in [0.717, 1.165) is 32.5 Å². The fraction of sp³-hybridized carbons (Fsp3) is 0.120. The van der Waals surface area contributed by atoms with Gasteiger partial charge in [-0.1, -0.05) is 60.7 Å². The molecule has 0 spiro atoms. The molecule has 0 bridgehead atoms. The van der Waals surface area contributed by atoms with Gasteiger partial charge in [0.2, 0.25) is 11.8 Å². The van der Waals surface area contributed by atoms with Gasteiger partial charge in [-0.15, -0.1) is 11.3 Å². The Balaban J connectivity index is 1.63. The van der Waals surface area contributed by atoms with Crippen LogP contribution in [0, 0.1) is 11.3 Å². The number of fused-ring (bicyclic) bond motifs is 1. The molecule has 0 atom stereocenters. The fourth-order valence-corrected chi connectivity index (χ4v) is 4.40. The highest BCUT2D eigenvalue weighted by Crippen LogP contribution is 2.36. The van der Waals surface area contributed by atoms with Gasteiger partial charge in [-0.25, -0.2) is 4.98 Å². The second kappa shape index (κ2) is 9.86. The summed E-state index contributed by atoms with van der Waals surface area (Å²) in [6.07, 6.45) is 0.0831. The SMILES string of the molecule is N#CCNC(=O)CNC(=O)Cc1nc2c(-c3ccccc3)cc(-c3ccccc3)cc2s1. The zero-order valence-corrected chi connectivity index (χ0v) is 18.0. The third-order valence-electron chi connectivity index (χ3n) is 4.85. The van der Waals surface area contributed by atoms with E-state index < -0.39 is 5.91 Å². The number of hydrogen-bond donors (Lipinski definition) is 2. The van der Waals surface area contributed by atoms with Crippen molar-refractivity contribution in [2.75, 3.05) is 13.1 Å². The Bertz CT molecular complexity index is 1290. The first-order valence-electron chi connectivity index (χ1n) is 10.1. The van der Waals surface area contributed by atoms with E-state index >= 15 is 0 Å². The predicted octanol–water partition coefficient (Wildman–Crippen LogP) is 3.93.